The van der Waals surface area contributed by atoms with Gasteiger partial charge in [0.05, 0.1) is 5.56 Å². The normalized spacial score (nSPS) is 9.84. The zero-order valence-corrected chi connectivity index (χ0v) is 11.4. The molecule has 1 rings (SSSR count). The maximum absolute atomic E-state index is 11.8. The zero-order valence-electron chi connectivity index (χ0n) is 11.4. The van der Waals surface area contributed by atoms with Gasteiger partial charge in [-0.05, 0) is 31.5 Å². The summed E-state index contributed by atoms with van der Waals surface area (Å²) in [6, 6.07) is 4.49. The monoisotopic (exact) mass is 262 g/mol. The first-order valence-electron chi connectivity index (χ1n) is 5.81. The average molecular weight is 262 g/mol. The largest absolute Gasteiger partial charge is 0.478 e. The number of likely N-dealkylation sites (N-methyl/N-ethyl adjacent to an activating group) is 1. The molecular formula is C14H18N2O3. The Kier molecular flexibility index (Phi) is 4.69. The predicted molar refractivity (Wildman–Crippen MR) is 74.6 cm³/mol. The van der Waals surface area contributed by atoms with Gasteiger partial charge in [-0.15, -0.1) is 0 Å². The van der Waals surface area contributed by atoms with Gasteiger partial charge in [0.25, 0.3) is 0 Å². The molecule has 0 radical (unpaired) electrons. The van der Waals surface area contributed by atoms with E-state index >= 15 is 0 Å². The van der Waals surface area contributed by atoms with E-state index in [1.807, 2.05) is 6.92 Å². The number of hydrogen-bond donors (Lipinski definition) is 2. The molecule has 19 heavy (non-hydrogen) atoms. The van der Waals surface area contributed by atoms with Crippen molar-refractivity contribution in [1.82, 2.24) is 4.90 Å². The van der Waals surface area contributed by atoms with Gasteiger partial charge in [-0.25, -0.2) is 9.59 Å². The third-order valence-corrected chi connectivity index (χ3v) is 2.57. The second-order valence-corrected chi connectivity index (χ2v) is 4.58. The molecule has 102 valence electrons. The van der Waals surface area contributed by atoms with Gasteiger partial charge in [0.1, 0.15) is 0 Å². The lowest BCUT2D eigenvalue weighted by Gasteiger charge is -2.18. The number of benzene rings is 1. The lowest BCUT2D eigenvalue weighted by molar-refractivity contribution is 0.0696. The molecule has 0 aliphatic heterocycles. The van der Waals surface area contributed by atoms with Crippen molar-refractivity contribution < 1.29 is 14.7 Å². The molecule has 2 amide bonds. The van der Waals surface area contributed by atoms with Crippen LogP contribution in [0.15, 0.2) is 30.4 Å². The number of nitrogens with zero attached hydrogens (tertiary/aromatic N) is 1. The minimum atomic E-state index is -1.01. The molecule has 0 spiro atoms. The summed E-state index contributed by atoms with van der Waals surface area (Å²) >= 11 is 0. The molecule has 5 heteroatoms. The molecular weight excluding hydrogens is 244 g/mol. The van der Waals surface area contributed by atoms with Gasteiger partial charge in [-0.3, -0.25) is 0 Å². The number of amides is 2. The molecule has 5 nitrogen and oxygen atoms in total. The van der Waals surface area contributed by atoms with Gasteiger partial charge in [-0.2, -0.15) is 0 Å². The van der Waals surface area contributed by atoms with Crippen molar-refractivity contribution in [3.05, 3.63) is 41.5 Å². The first-order chi connectivity index (χ1) is 8.81. The van der Waals surface area contributed by atoms with E-state index in [1.165, 1.54) is 11.0 Å². The number of anilines is 1. The number of carboxylic acids is 1. The van der Waals surface area contributed by atoms with Crippen LogP contribution in [0.4, 0.5) is 10.5 Å². The lowest BCUT2D eigenvalue weighted by Crippen LogP contribution is -2.32. The van der Waals surface area contributed by atoms with Crippen LogP contribution in [-0.2, 0) is 0 Å². The Morgan fingerprint density at radius 3 is 2.58 bits per heavy atom. The number of rotatable bonds is 4. The van der Waals surface area contributed by atoms with E-state index in [1.54, 1.807) is 26.1 Å². The van der Waals surface area contributed by atoms with Crippen LogP contribution in [0.3, 0.4) is 0 Å². The van der Waals surface area contributed by atoms with Gasteiger partial charge in [0, 0.05) is 19.3 Å². The van der Waals surface area contributed by atoms with Crippen LogP contribution in [0, 0.1) is 6.92 Å². The van der Waals surface area contributed by atoms with Gasteiger partial charge in [0.2, 0.25) is 0 Å². The molecule has 0 aromatic heterocycles. The minimum absolute atomic E-state index is 0.181. The minimum Gasteiger partial charge on any atom is -0.478 e. The Bertz CT molecular complexity index is 523. The van der Waals surface area contributed by atoms with E-state index in [4.69, 9.17) is 5.11 Å². The van der Waals surface area contributed by atoms with Crippen LogP contribution < -0.4 is 5.32 Å². The van der Waals surface area contributed by atoms with Gasteiger partial charge in [0.15, 0.2) is 0 Å². The number of urea groups is 1. The molecule has 0 aliphatic carbocycles. The predicted octanol–water partition coefficient (Wildman–Crippen LogP) is 2.73. The number of hydrogen-bond acceptors (Lipinski definition) is 2. The summed E-state index contributed by atoms with van der Waals surface area (Å²) in [5, 5.41) is 11.7. The molecule has 0 heterocycles. The van der Waals surface area contributed by atoms with E-state index in [9.17, 15) is 9.59 Å². The van der Waals surface area contributed by atoms with E-state index in [2.05, 4.69) is 11.9 Å². The lowest BCUT2D eigenvalue weighted by atomic mass is 10.1. The Hall–Kier alpha value is -2.30. The second-order valence-electron chi connectivity index (χ2n) is 4.58. The quantitative estimate of drug-likeness (QED) is 0.820. The molecule has 2 N–H and O–H groups in total. The fraction of sp³-hybridized carbons (Fsp3) is 0.286. The van der Waals surface area contributed by atoms with Crippen molar-refractivity contribution in [2.24, 2.45) is 0 Å². The highest BCUT2D eigenvalue weighted by Crippen LogP contribution is 2.15. The van der Waals surface area contributed by atoms with Crippen LogP contribution in [0.25, 0.3) is 0 Å². The second kappa shape index (κ2) is 6.04. The molecule has 1 aromatic carbocycles. The Morgan fingerprint density at radius 2 is 2.05 bits per heavy atom. The summed E-state index contributed by atoms with van der Waals surface area (Å²) in [5.41, 5.74) is 2.16. The maximum atomic E-state index is 11.8. The Morgan fingerprint density at radius 1 is 1.42 bits per heavy atom. The standard InChI is InChI=1S/C14H18N2O3/c1-9(2)8-16(4)14(19)15-11-6-5-10(3)12(7-11)13(17)18/h5-7H,1,8H2,2-4H3,(H,15,19)(H,17,18). The topological polar surface area (TPSA) is 69.6 Å². The highest BCUT2D eigenvalue weighted by Gasteiger charge is 2.12. The molecule has 0 unspecified atom stereocenters. The van der Waals surface area contributed by atoms with E-state index < -0.39 is 5.97 Å². The number of carbonyl (C=O) groups is 2. The van der Waals surface area contributed by atoms with Crippen LogP contribution in [0.5, 0.6) is 0 Å². The van der Waals surface area contributed by atoms with Crippen LogP contribution in [-0.4, -0.2) is 35.6 Å². The third-order valence-electron chi connectivity index (χ3n) is 2.57. The smallest absolute Gasteiger partial charge is 0.336 e. The van der Waals surface area contributed by atoms with Crippen molar-refractivity contribution in [3.63, 3.8) is 0 Å². The Labute approximate surface area is 112 Å². The van der Waals surface area contributed by atoms with Gasteiger partial charge >= 0.3 is 12.0 Å². The molecule has 0 aliphatic rings. The van der Waals surface area contributed by atoms with Crippen molar-refractivity contribution in [2.45, 2.75) is 13.8 Å². The highest BCUT2D eigenvalue weighted by atomic mass is 16.4. The van der Waals surface area contributed by atoms with E-state index in [0.29, 0.717) is 17.8 Å². The number of carboxylic acid groups (broad SMARTS) is 1. The molecule has 0 saturated carbocycles. The Balaban J connectivity index is 2.83. The molecule has 0 bridgehead atoms. The van der Waals surface area contributed by atoms with Crippen LogP contribution in [0.2, 0.25) is 0 Å². The first kappa shape index (κ1) is 14.8. The highest BCUT2D eigenvalue weighted by molar-refractivity contribution is 5.94. The summed E-state index contributed by atoms with van der Waals surface area (Å²) in [5.74, 6) is -1.01. The van der Waals surface area contributed by atoms with E-state index in [0.717, 1.165) is 5.57 Å². The van der Waals surface area contributed by atoms with Crippen molar-refractivity contribution in [3.8, 4) is 0 Å². The van der Waals surface area contributed by atoms with Crippen LogP contribution >= 0.6 is 0 Å². The van der Waals surface area contributed by atoms with Crippen molar-refractivity contribution >= 4 is 17.7 Å². The number of aryl methyl sites for hydroxylation is 1. The fourth-order valence-electron chi connectivity index (χ4n) is 1.63. The van der Waals surface area contributed by atoms with Gasteiger partial charge < -0.3 is 15.3 Å². The molecule has 0 saturated heterocycles. The molecule has 0 atom stereocenters. The summed E-state index contributed by atoms with van der Waals surface area (Å²) in [4.78, 5) is 24.3. The summed E-state index contributed by atoms with van der Waals surface area (Å²) < 4.78 is 0. The third kappa shape index (κ3) is 4.13. The number of aromatic carboxylic acids is 1. The zero-order chi connectivity index (χ0) is 14.6. The fourth-order valence-corrected chi connectivity index (χ4v) is 1.63. The summed E-state index contributed by atoms with van der Waals surface area (Å²) in [6.45, 7) is 7.72. The van der Waals surface area contributed by atoms with E-state index in [-0.39, 0.29) is 11.6 Å². The average Bonchev–Trinajstić information content (AvgIpc) is 2.30. The van der Waals surface area contributed by atoms with Crippen LogP contribution in [0.1, 0.15) is 22.8 Å². The first-order valence-corrected chi connectivity index (χ1v) is 5.81. The summed E-state index contributed by atoms with van der Waals surface area (Å²) in [6.07, 6.45) is 0. The van der Waals surface area contributed by atoms with Crippen molar-refractivity contribution in [2.75, 3.05) is 18.9 Å². The van der Waals surface area contributed by atoms with Crippen molar-refractivity contribution in [1.29, 1.82) is 0 Å². The number of carbonyl (C=O) groups excluding carboxylic acids is 1. The van der Waals surface area contributed by atoms with Gasteiger partial charge in [-0.1, -0.05) is 18.2 Å². The maximum Gasteiger partial charge on any atom is 0.336 e. The number of nitrogens with one attached hydrogen (secondary N) is 1. The summed E-state index contributed by atoms with van der Waals surface area (Å²) in [7, 11) is 1.65. The molecule has 1 aromatic rings. The molecule has 0 fully saturated rings. The SMILES string of the molecule is C=C(C)CN(C)C(=O)Nc1ccc(C)c(C(=O)O)c1.